The Morgan fingerprint density at radius 3 is 2.70 bits per heavy atom. The SMILES string of the molecule is CS(=O)(=O)c1ccc(Nc2nn(C3(CC#N)CCC(C(=O)O)OC3)c3cc[nH]c(=O)c23)cc1. The summed E-state index contributed by atoms with van der Waals surface area (Å²) in [6.45, 7) is -0.0520. The van der Waals surface area contributed by atoms with E-state index < -0.39 is 33.0 Å². The molecule has 172 valence electrons. The second kappa shape index (κ2) is 8.34. The molecule has 1 aromatic carbocycles. The van der Waals surface area contributed by atoms with Crippen molar-refractivity contribution in [1.82, 2.24) is 14.8 Å². The lowest BCUT2D eigenvalue weighted by atomic mass is 9.87. The molecule has 2 atom stereocenters. The molecule has 3 N–H and O–H groups in total. The highest BCUT2D eigenvalue weighted by molar-refractivity contribution is 7.90. The Labute approximate surface area is 188 Å². The summed E-state index contributed by atoms with van der Waals surface area (Å²) in [5.74, 6) is -0.848. The Bertz CT molecular complexity index is 1410. The van der Waals surface area contributed by atoms with Gasteiger partial charge >= 0.3 is 5.97 Å². The zero-order chi connectivity index (χ0) is 23.8. The van der Waals surface area contributed by atoms with Crippen LogP contribution in [0.15, 0.2) is 46.2 Å². The number of carboxylic acid groups (broad SMARTS) is 1. The van der Waals surface area contributed by atoms with Crippen molar-refractivity contribution >= 4 is 38.2 Å². The van der Waals surface area contributed by atoms with Crippen LogP contribution in [-0.2, 0) is 24.9 Å². The molecule has 0 radical (unpaired) electrons. The number of hydrogen-bond acceptors (Lipinski definition) is 8. The van der Waals surface area contributed by atoms with Gasteiger partial charge in [0.15, 0.2) is 21.8 Å². The molecule has 11 nitrogen and oxygen atoms in total. The monoisotopic (exact) mass is 471 g/mol. The zero-order valence-corrected chi connectivity index (χ0v) is 18.4. The van der Waals surface area contributed by atoms with Crippen molar-refractivity contribution in [3.8, 4) is 6.07 Å². The number of rotatable bonds is 6. The number of aromatic nitrogens is 3. The van der Waals surface area contributed by atoms with Gasteiger partial charge in [0.1, 0.15) is 5.39 Å². The number of nitrogens with zero attached hydrogens (tertiary/aromatic N) is 3. The highest BCUT2D eigenvalue weighted by Gasteiger charge is 2.42. The fourth-order valence-electron chi connectivity index (χ4n) is 3.98. The number of carboxylic acids is 1. The van der Waals surface area contributed by atoms with Crippen LogP contribution in [-0.4, -0.2) is 53.2 Å². The Morgan fingerprint density at radius 2 is 2.12 bits per heavy atom. The number of aromatic amines is 1. The van der Waals surface area contributed by atoms with Crippen LogP contribution in [0.3, 0.4) is 0 Å². The van der Waals surface area contributed by atoms with Crippen molar-refractivity contribution in [2.75, 3.05) is 18.2 Å². The van der Waals surface area contributed by atoms with Crippen molar-refractivity contribution in [3.63, 3.8) is 0 Å². The standard InChI is InChI=1S/C21H21N5O6S/c1-33(30,31)14-4-2-13(3-5-14)24-18-17-15(7-11-23-19(17)27)26(25-18)21(9-10-22)8-6-16(20(28)29)32-12-21/h2-5,7,11,16H,6,8-9,12H2,1H3,(H,23,27)(H,24,25)(H,28,29). The molecule has 12 heteroatoms. The van der Waals surface area contributed by atoms with Crippen LogP contribution >= 0.6 is 0 Å². The Balaban J connectivity index is 1.78. The minimum absolute atomic E-state index is 0.00537. The maximum atomic E-state index is 12.7. The highest BCUT2D eigenvalue weighted by atomic mass is 32.2. The van der Waals surface area contributed by atoms with Crippen molar-refractivity contribution in [1.29, 1.82) is 5.26 Å². The van der Waals surface area contributed by atoms with Crippen molar-refractivity contribution in [3.05, 3.63) is 46.9 Å². The van der Waals surface area contributed by atoms with Gasteiger partial charge in [-0.3, -0.25) is 9.48 Å². The normalized spacial score (nSPS) is 20.9. The predicted molar refractivity (Wildman–Crippen MR) is 118 cm³/mol. The molecular formula is C21H21N5O6S. The van der Waals surface area contributed by atoms with Gasteiger partial charge in [0.25, 0.3) is 5.56 Å². The van der Waals surface area contributed by atoms with Gasteiger partial charge in [-0.05, 0) is 43.2 Å². The number of fused-ring (bicyclic) bond motifs is 1. The summed E-state index contributed by atoms with van der Waals surface area (Å²) in [6.07, 6.45) is 2.14. The molecule has 2 aromatic heterocycles. The molecule has 1 fully saturated rings. The second-order valence-electron chi connectivity index (χ2n) is 7.98. The third-order valence-electron chi connectivity index (χ3n) is 5.71. The van der Waals surface area contributed by atoms with Gasteiger partial charge in [-0.25, -0.2) is 13.2 Å². The van der Waals surface area contributed by atoms with Crippen LogP contribution in [0, 0.1) is 11.3 Å². The molecule has 0 saturated carbocycles. The van der Waals surface area contributed by atoms with Gasteiger partial charge in [-0.15, -0.1) is 0 Å². The van der Waals surface area contributed by atoms with Crippen LogP contribution < -0.4 is 10.9 Å². The van der Waals surface area contributed by atoms with E-state index in [4.69, 9.17) is 4.74 Å². The molecule has 1 saturated heterocycles. The van der Waals surface area contributed by atoms with Gasteiger partial charge in [-0.2, -0.15) is 10.4 Å². The summed E-state index contributed by atoms with van der Waals surface area (Å²) in [5.41, 5.74) is -0.382. The molecule has 3 heterocycles. The number of H-pyrrole nitrogens is 1. The van der Waals surface area contributed by atoms with Crippen LogP contribution in [0.4, 0.5) is 11.5 Å². The fraction of sp³-hybridized carbons (Fsp3) is 0.333. The van der Waals surface area contributed by atoms with E-state index in [0.717, 1.165) is 6.26 Å². The van der Waals surface area contributed by atoms with E-state index >= 15 is 0 Å². The maximum absolute atomic E-state index is 12.7. The van der Waals surface area contributed by atoms with E-state index in [1.54, 1.807) is 22.9 Å². The summed E-state index contributed by atoms with van der Waals surface area (Å²) in [4.78, 5) is 26.7. The van der Waals surface area contributed by atoms with Crippen molar-refractivity contribution < 1.29 is 23.1 Å². The molecule has 1 aliphatic heterocycles. The summed E-state index contributed by atoms with van der Waals surface area (Å²) in [6, 6.07) is 9.79. The van der Waals surface area contributed by atoms with E-state index in [1.165, 1.54) is 18.3 Å². The average Bonchev–Trinajstić information content (AvgIpc) is 3.14. The van der Waals surface area contributed by atoms with Crippen LogP contribution in [0.2, 0.25) is 0 Å². The topological polar surface area (TPSA) is 167 Å². The van der Waals surface area contributed by atoms with E-state index in [1.807, 2.05) is 0 Å². The Kier molecular flexibility index (Phi) is 5.69. The number of aliphatic carboxylic acids is 1. The first kappa shape index (κ1) is 22.5. The molecule has 3 aromatic rings. The Morgan fingerprint density at radius 1 is 1.39 bits per heavy atom. The molecule has 2 unspecified atom stereocenters. The number of benzene rings is 1. The maximum Gasteiger partial charge on any atom is 0.332 e. The zero-order valence-electron chi connectivity index (χ0n) is 17.6. The fourth-order valence-corrected chi connectivity index (χ4v) is 4.61. The molecule has 0 aliphatic carbocycles. The molecule has 33 heavy (non-hydrogen) atoms. The number of ether oxygens (including phenoxy) is 1. The van der Waals surface area contributed by atoms with E-state index in [9.17, 15) is 28.4 Å². The summed E-state index contributed by atoms with van der Waals surface area (Å²) >= 11 is 0. The number of hydrogen-bond donors (Lipinski definition) is 3. The van der Waals surface area contributed by atoms with Gasteiger partial charge in [-0.1, -0.05) is 0 Å². The van der Waals surface area contributed by atoms with Gasteiger partial charge in [0, 0.05) is 18.1 Å². The first-order valence-electron chi connectivity index (χ1n) is 10.0. The van der Waals surface area contributed by atoms with Crippen LogP contribution in [0.5, 0.6) is 0 Å². The minimum Gasteiger partial charge on any atom is -0.479 e. The quantitative estimate of drug-likeness (QED) is 0.485. The summed E-state index contributed by atoms with van der Waals surface area (Å²) in [7, 11) is -3.36. The molecule has 1 aliphatic rings. The minimum atomic E-state index is -3.36. The largest absolute Gasteiger partial charge is 0.479 e. The van der Waals surface area contributed by atoms with E-state index in [-0.39, 0.29) is 35.5 Å². The van der Waals surface area contributed by atoms with Gasteiger partial charge < -0.3 is 20.1 Å². The lowest BCUT2D eigenvalue weighted by Gasteiger charge is -2.38. The van der Waals surface area contributed by atoms with Crippen LogP contribution in [0.1, 0.15) is 19.3 Å². The highest BCUT2D eigenvalue weighted by Crippen LogP contribution is 2.37. The van der Waals surface area contributed by atoms with Crippen LogP contribution in [0.25, 0.3) is 10.9 Å². The number of anilines is 2. The first-order chi connectivity index (χ1) is 15.6. The predicted octanol–water partition coefficient (Wildman–Crippen LogP) is 1.74. The molecule has 4 rings (SSSR count). The summed E-state index contributed by atoms with van der Waals surface area (Å²) < 4.78 is 30.5. The summed E-state index contributed by atoms with van der Waals surface area (Å²) in [5, 5.41) is 26.6. The third kappa shape index (κ3) is 4.20. The third-order valence-corrected chi connectivity index (χ3v) is 6.84. The van der Waals surface area contributed by atoms with Crippen molar-refractivity contribution in [2.24, 2.45) is 0 Å². The molecule has 0 bridgehead atoms. The number of carbonyl (C=O) groups is 1. The average molecular weight is 471 g/mol. The molecule has 0 amide bonds. The number of pyridine rings is 1. The second-order valence-corrected chi connectivity index (χ2v) is 10.0. The number of nitrogens with one attached hydrogen (secondary N) is 2. The van der Waals surface area contributed by atoms with Crippen molar-refractivity contribution in [2.45, 2.75) is 35.8 Å². The first-order valence-corrected chi connectivity index (χ1v) is 11.9. The number of sulfone groups is 1. The molecule has 0 spiro atoms. The van der Waals surface area contributed by atoms with Gasteiger partial charge in [0.05, 0.1) is 35.0 Å². The molecular weight excluding hydrogens is 450 g/mol. The van der Waals surface area contributed by atoms with E-state index in [2.05, 4.69) is 21.5 Å². The Hall–Kier alpha value is -3.69. The lowest BCUT2D eigenvalue weighted by molar-refractivity contribution is -0.158. The number of nitriles is 1. The smallest absolute Gasteiger partial charge is 0.332 e. The lowest BCUT2D eigenvalue weighted by Crippen LogP contribution is -2.46. The van der Waals surface area contributed by atoms with Gasteiger partial charge in [0.2, 0.25) is 0 Å². The van der Waals surface area contributed by atoms with E-state index in [0.29, 0.717) is 17.6 Å².